The van der Waals surface area contributed by atoms with Crippen molar-refractivity contribution in [1.29, 1.82) is 0 Å². The highest BCUT2D eigenvalue weighted by Crippen LogP contribution is 2.37. The van der Waals surface area contributed by atoms with E-state index < -0.39 is 0 Å². The molecule has 21 heavy (non-hydrogen) atoms. The van der Waals surface area contributed by atoms with Crippen LogP contribution >= 0.6 is 0 Å². The van der Waals surface area contributed by atoms with Gasteiger partial charge in [0, 0.05) is 26.7 Å². The molecule has 1 heterocycles. The van der Waals surface area contributed by atoms with Crippen LogP contribution in [-0.4, -0.2) is 27.2 Å². The van der Waals surface area contributed by atoms with Gasteiger partial charge in [-0.15, -0.1) is 0 Å². The molecule has 0 radical (unpaired) electrons. The zero-order chi connectivity index (χ0) is 14.8. The molecule has 0 atom stereocenters. The van der Waals surface area contributed by atoms with Crippen LogP contribution in [0, 0.1) is 5.82 Å². The third kappa shape index (κ3) is 2.59. The number of hydrogen-bond donors (Lipinski definition) is 1. The minimum Gasteiger partial charge on any atom is -0.371 e. The summed E-state index contributed by atoms with van der Waals surface area (Å²) in [4.78, 5) is 4.27. The quantitative estimate of drug-likeness (QED) is 0.934. The summed E-state index contributed by atoms with van der Waals surface area (Å²) in [6.45, 7) is 2.35. The Labute approximate surface area is 125 Å². The van der Waals surface area contributed by atoms with E-state index in [0.29, 0.717) is 12.2 Å². The first-order valence-electron chi connectivity index (χ1n) is 7.21. The Hall–Kier alpha value is -2.07. The van der Waals surface area contributed by atoms with E-state index in [4.69, 9.17) is 0 Å². The Morgan fingerprint density at radius 3 is 2.52 bits per heavy atom. The van der Waals surface area contributed by atoms with Gasteiger partial charge in [-0.1, -0.05) is 18.2 Å². The van der Waals surface area contributed by atoms with Crippen molar-refractivity contribution in [3.05, 3.63) is 53.8 Å². The Bertz CT molecular complexity index is 642. The molecule has 2 aromatic carbocycles. The lowest BCUT2D eigenvalue weighted by Crippen LogP contribution is -2.36. The summed E-state index contributed by atoms with van der Waals surface area (Å²) in [6.07, 6.45) is 0. The molecule has 0 spiro atoms. The molecule has 3 nitrogen and oxygen atoms in total. The lowest BCUT2D eigenvalue weighted by Gasteiger charge is -2.37. The van der Waals surface area contributed by atoms with Crippen molar-refractivity contribution in [3.63, 3.8) is 0 Å². The summed E-state index contributed by atoms with van der Waals surface area (Å²) in [5.74, 6) is -0.165. The largest absolute Gasteiger partial charge is 0.371 e. The molecule has 2 aromatic rings. The summed E-state index contributed by atoms with van der Waals surface area (Å²) < 4.78 is 14.5. The SMILES string of the molecule is CNCc1ccc(N2CCN(C)c3ccccc32)c(F)c1. The standard InChI is InChI=1S/C17H20FN3/c1-19-12-13-7-8-15(14(18)11-13)21-10-9-20(2)16-5-3-4-6-17(16)21/h3-8,11,19H,9-10,12H2,1-2H3. The van der Waals surface area contributed by atoms with Gasteiger partial charge in [0.25, 0.3) is 0 Å². The van der Waals surface area contributed by atoms with E-state index >= 15 is 0 Å². The molecule has 0 aromatic heterocycles. The van der Waals surface area contributed by atoms with E-state index in [1.807, 2.05) is 37.4 Å². The molecule has 0 amide bonds. The minimum atomic E-state index is -0.165. The first kappa shape index (κ1) is 13.9. The van der Waals surface area contributed by atoms with Gasteiger partial charge in [-0.2, -0.15) is 0 Å². The molecule has 0 unspecified atom stereocenters. The van der Waals surface area contributed by atoms with Crippen LogP contribution in [0.15, 0.2) is 42.5 Å². The van der Waals surface area contributed by atoms with Gasteiger partial charge >= 0.3 is 0 Å². The molecule has 0 fully saturated rings. The monoisotopic (exact) mass is 285 g/mol. The predicted molar refractivity (Wildman–Crippen MR) is 85.9 cm³/mol. The average molecular weight is 285 g/mol. The van der Waals surface area contributed by atoms with Crippen molar-refractivity contribution < 1.29 is 4.39 Å². The second kappa shape index (κ2) is 5.74. The molecule has 3 rings (SSSR count). The van der Waals surface area contributed by atoms with Gasteiger partial charge in [0.1, 0.15) is 5.82 Å². The van der Waals surface area contributed by atoms with E-state index in [2.05, 4.69) is 28.2 Å². The van der Waals surface area contributed by atoms with Crippen LogP contribution in [0.5, 0.6) is 0 Å². The Morgan fingerprint density at radius 1 is 1.05 bits per heavy atom. The molecule has 1 N–H and O–H groups in total. The smallest absolute Gasteiger partial charge is 0.147 e. The molecule has 110 valence electrons. The molecular formula is C17H20FN3. The zero-order valence-corrected chi connectivity index (χ0v) is 12.4. The lowest BCUT2D eigenvalue weighted by molar-refractivity contribution is 0.619. The molecule has 1 aliphatic heterocycles. The van der Waals surface area contributed by atoms with Crippen LogP contribution in [0.25, 0.3) is 0 Å². The van der Waals surface area contributed by atoms with Gasteiger partial charge in [-0.3, -0.25) is 0 Å². The number of anilines is 3. The van der Waals surface area contributed by atoms with Gasteiger partial charge in [0.05, 0.1) is 17.1 Å². The number of para-hydroxylation sites is 2. The van der Waals surface area contributed by atoms with E-state index in [1.54, 1.807) is 6.07 Å². The van der Waals surface area contributed by atoms with Crippen molar-refractivity contribution in [2.45, 2.75) is 6.54 Å². The summed E-state index contributed by atoms with van der Waals surface area (Å²) in [6, 6.07) is 13.6. The summed E-state index contributed by atoms with van der Waals surface area (Å²) in [7, 11) is 3.94. The highest BCUT2D eigenvalue weighted by Gasteiger charge is 2.22. The fraction of sp³-hybridized carbons (Fsp3) is 0.294. The van der Waals surface area contributed by atoms with E-state index in [9.17, 15) is 4.39 Å². The van der Waals surface area contributed by atoms with Gasteiger partial charge in [-0.25, -0.2) is 4.39 Å². The number of nitrogens with one attached hydrogen (secondary N) is 1. The van der Waals surface area contributed by atoms with Crippen LogP contribution in [0.3, 0.4) is 0 Å². The lowest BCUT2D eigenvalue weighted by atomic mass is 10.1. The Balaban J connectivity index is 2.00. The van der Waals surface area contributed by atoms with E-state index in [1.165, 1.54) is 0 Å². The summed E-state index contributed by atoms with van der Waals surface area (Å²) in [5, 5.41) is 3.04. The highest BCUT2D eigenvalue weighted by atomic mass is 19.1. The summed E-state index contributed by atoms with van der Waals surface area (Å²) >= 11 is 0. The maximum absolute atomic E-state index is 14.5. The number of halogens is 1. The van der Waals surface area contributed by atoms with Crippen LogP contribution in [0.1, 0.15) is 5.56 Å². The maximum Gasteiger partial charge on any atom is 0.147 e. The van der Waals surface area contributed by atoms with Crippen molar-refractivity contribution in [1.82, 2.24) is 5.32 Å². The number of rotatable bonds is 3. The third-order valence-electron chi connectivity index (χ3n) is 3.93. The van der Waals surface area contributed by atoms with Crippen LogP contribution < -0.4 is 15.1 Å². The van der Waals surface area contributed by atoms with Crippen LogP contribution in [0.4, 0.5) is 21.5 Å². The summed E-state index contributed by atoms with van der Waals surface area (Å²) in [5.41, 5.74) is 3.81. The molecular weight excluding hydrogens is 265 g/mol. The topological polar surface area (TPSA) is 18.5 Å². The first-order chi connectivity index (χ1) is 10.2. The normalized spacial score (nSPS) is 14.2. The number of likely N-dealkylation sites (N-methyl/N-ethyl adjacent to an activating group) is 1. The van der Waals surface area contributed by atoms with Gasteiger partial charge < -0.3 is 15.1 Å². The minimum absolute atomic E-state index is 0.165. The van der Waals surface area contributed by atoms with Crippen molar-refractivity contribution in [2.24, 2.45) is 0 Å². The van der Waals surface area contributed by atoms with Crippen molar-refractivity contribution in [3.8, 4) is 0 Å². The Morgan fingerprint density at radius 2 is 1.81 bits per heavy atom. The molecule has 0 saturated carbocycles. The molecule has 0 bridgehead atoms. The second-order valence-electron chi connectivity index (χ2n) is 5.38. The average Bonchev–Trinajstić information content (AvgIpc) is 2.49. The van der Waals surface area contributed by atoms with Gasteiger partial charge in [0.15, 0.2) is 0 Å². The predicted octanol–water partition coefficient (Wildman–Crippen LogP) is 3.13. The number of fused-ring (bicyclic) bond motifs is 1. The molecule has 4 heteroatoms. The third-order valence-corrected chi connectivity index (χ3v) is 3.93. The highest BCUT2D eigenvalue weighted by molar-refractivity contribution is 5.79. The maximum atomic E-state index is 14.5. The van der Waals surface area contributed by atoms with Gasteiger partial charge in [-0.05, 0) is 36.9 Å². The Kier molecular flexibility index (Phi) is 3.80. The molecule has 0 saturated heterocycles. The number of benzene rings is 2. The van der Waals surface area contributed by atoms with Gasteiger partial charge in [0.2, 0.25) is 0 Å². The zero-order valence-electron chi connectivity index (χ0n) is 12.4. The fourth-order valence-corrected chi connectivity index (χ4v) is 2.84. The molecule has 1 aliphatic rings. The van der Waals surface area contributed by atoms with Crippen LogP contribution in [-0.2, 0) is 6.54 Å². The van der Waals surface area contributed by atoms with E-state index in [-0.39, 0.29) is 5.82 Å². The fourth-order valence-electron chi connectivity index (χ4n) is 2.84. The first-order valence-corrected chi connectivity index (χ1v) is 7.21. The van der Waals surface area contributed by atoms with Crippen molar-refractivity contribution >= 4 is 17.1 Å². The van der Waals surface area contributed by atoms with Crippen molar-refractivity contribution in [2.75, 3.05) is 37.0 Å². The number of hydrogen-bond acceptors (Lipinski definition) is 3. The second-order valence-corrected chi connectivity index (χ2v) is 5.38. The van der Waals surface area contributed by atoms with E-state index in [0.717, 1.165) is 30.0 Å². The number of nitrogens with zero attached hydrogens (tertiary/aromatic N) is 2. The van der Waals surface area contributed by atoms with Crippen LogP contribution in [0.2, 0.25) is 0 Å². The molecule has 0 aliphatic carbocycles.